The van der Waals surface area contributed by atoms with E-state index in [-0.39, 0.29) is 5.91 Å². The van der Waals surface area contributed by atoms with Crippen LogP contribution in [0.4, 0.5) is 11.4 Å². The summed E-state index contributed by atoms with van der Waals surface area (Å²) in [5.41, 5.74) is 6.20. The molecule has 6 heteroatoms. The van der Waals surface area contributed by atoms with Gasteiger partial charge in [-0.15, -0.1) is 10.2 Å². The molecule has 4 aromatic rings. The van der Waals surface area contributed by atoms with Gasteiger partial charge in [-0.25, -0.2) is 0 Å². The van der Waals surface area contributed by atoms with Crippen molar-refractivity contribution >= 4 is 17.3 Å². The van der Waals surface area contributed by atoms with Crippen LogP contribution in [0.15, 0.2) is 72.8 Å². The zero-order valence-corrected chi connectivity index (χ0v) is 17.6. The molecule has 31 heavy (non-hydrogen) atoms. The van der Waals surface area contributed by atoms with E-state index in [1.54, 1.807) is 0 Å². The molecule has 0 saturated heterocycles. The van der Waals surface area contributed by atoms with Crippen LogP contribution in [0.2, 0.25) is 0 Å². The minimum absolute atomic E-state index is 0.0883. The summed E-state index contributed by atoms with van der Waals surface area (Å²) >= 11 is 0. The first-order valence-electron chi connectivity index (χ1n) is 10.5. The van der Waals surface area contributed by atoms with Gasteiger partial charge in [0.2, 0.25) is 5.82 Å². The summed E-state index contributed by atoms with van der Waals surface area (Å²) in [4.78, 5) is 17.0. The molecule has 0 N–H and O–H groups in total. The fourth-order valence-corrected chi connectivity index (χ4v) is 4.01. The topological polar surface area (TPSA) is 63.9 Å². The molecule has 5 rings (SSSR count). The maximum atomic E-state index is 13.8. The minimum atomic E-state index is -0.606. The highest BCUT2D eigenvalue weighted by Crippen LogP contribution is 2.37. The van der Waals surface area contributed by atoms with Crippen molar-refractivity contribution in [3.63, 3.8) is 0 Å². The second kappa shape index (κ2) is 7.80. The fourth-order valence-electron chi connectivity index (χ4n) is 4.01. The van der Waals surface area contributed by atoms with Gasteiger partial charge in [0.1, 0.15) is 6.04 Å². The molecule has 1 atom stereocenters. The van der Waals surface area contributed by atoms with Gasteiger partial charge in [0.25, 0.3) is 5.91 Å². The van der Waals surface area contributed by atoms with Crippen LogP contribution in [-0.2, 0) is 17.6 Å². The molecule has 0 unspecified atom stereocenters. The predicted molar refractivity (Wildman–Crippen MR) is 120 cm³/mol. The molecule has 1 aliphatic rings. The van der Waals surface area contributed by atoms with E-state index in [9.17, 15) is 4.79 Å². The largest absolute Gasteiger partial charge is 0.279 e. The third-order valence-corrected chi connectivity index (χ3v) is 5.79. The van der Waals surface area contributed by atoms with Crippen LogP contribution >= 0.6 is 0 Å². The van der Waals surface area contributed by atoms with Crippen molar-refractivity contribution in [1.82, 2.24) is 20.2 Å². The van der Waals surface area contributed by atoms with Gasteiger partial charge < -0.3 is 0 Å². The maximum Gasteiger partial charge on any atom is 0.258 e. The molecule has 1 aliphatic heterocycles. The number of rotatable bonds is 3. The number of hydrogen-bond donors (Lipinski definition) is 0. The molecule has 0 aliphatic carbocycles. The lowest BCUT2D eigenvalue weighted by Gasteiger charge is -2.27. The first kappa shape index (κ1) is 19.2. The molecule has 0 fully saturated rings. The SMILES string of the molecule is Cc1ccc(-c2nnn([C@H](C)C(=O)N3c4ccccc4CCc4ccccc43)n2)cc1. The number of aromatic nitrogens is 4. The van der Waals surface area contributed by atoms with Gasteiger partial charge in [-0.05, 0) is 55.2 Å². The van der Waals surface area contributed by atoms with E-state index in [0.717, 1.165) is 46.5 Å². The van der Waals surface area contributed by atoms with Crippen molar-refractivity contribution in [2.24, 2.45) is 0 Å². The Morgan fingerprint density at radius 3 is 2.06 bits per heavy atom. The van der Waals surface area contributed by atoms with Crippen molar-refractivity contribution in [1.29, 1.82) is 0 Å². The van der Waals surface area contributed by atoms with E-state index in [4.69, 9.17) is 0 Å². The molecule has 0 spiro atoms. The van der Waals surface area contributed by atoms with Crippen LogP contribution in [-0.4, -0.2) is 26.1 Å². The maximum absolute atomic E-state index is 13.8. The number of carbonyl (C=O) groups excluding carboxylic acids is 1. The first-order valence-corrected chi connectivity index (χ1v) is 10.5. The monoisotopic (exact) mass is 409 g/mol. The van der Waals surface area contributed by atoms with Gasteiger partial charge in [-0.2, -0.15) is 4.80 Å². The highest BCUT2D eigenvalue weighted by Gasteiger charge is 2.30. The number of aryl methyl sites for hydroxylation is 3. The first-order chi connectivity index (χ1) is 15.1. The summed E-state index contributed by atoms with van der Waals surface area (Å²) in [6.45, 7) is 3.85. The molecule has 1 aromatic heterocycles. The number of hydrogen-bond acceptors (Lipinski definition) is 4. The van der Waals surface area contributed by atoms with Crippen molar-refractivity contribution in [2.75, 3.05) is 4.90 Å². The Morgan fingerprint density at radius 2 is 1.45 bits per heavy atom. The van der Waals surface area contributed by atoms with E-state index < -0.39 is 6.04 Å². The van der Waals surface area contributed by atoms with Crippen LogP contribution in [0.5, 0.6) is 0 Å². The Kier molecular flexibility index (Phi) is 4.82. The van der Waals surface area contributed by atoms with Crippen LogP contribution in [0.3, 0.4) is 0 Å². The number of anilines is 2. The number of fused-ring (bicyclic) bond motifs is 2. The number of nitrogens with zero attached hydrogens (tertiary/aromatic N) is 5. The second-order valence-electron chi connectivity index (χ2n) is 7.91. The van der Waals surface area contributed by atoms with E-state index in [2.05, 4.69) is 27.5 Å². The second-order valence-corrected chi connectivity index (χ2v) is 7.91. The van der Waals surface area contributed by atoms with Gasteiger partial charge in [-0.3, -0.25) is 9.69 Å². The van der Waals surface area contributed by atoms with Gasteiger partial charge in [0.05, 0.1) is 11.4 Å². The van der Waals surface area contributed by atoms with Crippen LogP contribution in [0.1, 0.15) is 29.7 Å². The Balaban J connectivity index is 1.52. The molecule has 3 aromatic carbocycles. The Hall–Kier alpha value is -3.80. The van der Waals surface area contributed by atoms with E-state index in [0.29, 0.717) is 5.82 Å². The predicted octanol–water partition coefficient (Wildman–Crippen LogP) is 4.67. The summed E-state index contributed by atoms with van der Waals surface area (Å²) in [6, 6.07) is 23.5. The average molecular weight is 409 g/mol. The van der Waals surface area contributed by atoms with Gasteiger partial charge >= 0.3 is 0 Å². The molecule has 0 bridgehead atoms. The number of para-hydroxylation sites is 2. The zero-order chi connectivity index (χ0) is 21.4. The van der Waals surface area contributed by atoms with Crippen LogP contribution in [0.25, 0.3) is 11.4 Å². The summed E-state index contributed by atoms with van der Waals surface area (Å²) < 4.78 is 0. The van der Waals surface area contributed by atoms with Crippen LogP contribution < -0.4 is 4.90 Å². The quantitative estimate of drug-likeness (QED) is 0.493. The number of benzene rings is 3. The highest BCUT2D eigenvalue weighted by atomic mass is 16.2. The minimum Gasteiger partial charge on any atom is -0.279 e. The van der Waals surface area contributed by atoms with E-state index in [1.807, 2.05) is 79.4 Å². The summed E-state index contributed by atoms with van der Waals surface area (Å²) in [6.07, 6.45) is 1.79. The lowest BCUT2D eigenvalue weighted by molar-refractivity contribution is -0.121. The fraction of sp³-hybridized carbons (Fsp3) is 0.200. The third-order valence-electron chi connectivity index (χ3n) is 5.79. The van der Waals surface area contributed by atoms with Gasteiger partial charge in [0.15, 0.2) is 0 Å². The standard InChI is InChI=1S/C25H23N5O/c1-17-11-13-21(14-12-17)24-26-28-30(27-24)18(2)25(31)29-22-9-5-3-7-19(22)15-16-20-8-4-6-10-23(20)29/h3-14,18H,15-16H2,1-2H3/t18-/m1/s1. The van der Waals surface area contributed by atoms with Crippen LogP contribution in [0, 0.1) is 6.92 Å². The molecule has 154 valence electrons. The molecule has 1 amide bonds. The average Bonchev–Trinajstić information content (AvgIpc) is 3.23. The summed E-state index contributed by atoms with van der Waals surface area (Å²) in [5, 5.41) is 12.9. The van der Waals surface area contributed by atoms with Crippen molar-refractivity contribution in [3.05, 3.63) is 89.5 Å². The lowest BCUT2D eigenvalue weighted by Crippen LogP contribution is -2.34. The van der Waals surface area contributed by atoms with E-state index >= 15 is 0 Å². The molecule has 0 saturated carbocycles. The molecule has 6 nitrogen and oxygen atoms in total. The van der Waals surface area contributed by atoms with Crippen molar-refractivity contribution < 1.29 is 4.79 Å². The van der Waals surface area contributed by atoms with Gasteiger partial charge in [0, 0.05) is 5.56 Å². The Morgan fingerprint density at radius 1 is 0.871 bits per heavy atom. The zero-order valence-electron chi connectivity index (χ0n) is 17.6. The normalized spacial score (nSPS) is 13.8. The smallest absolute Gasteiger partial charge is 0.258 e. The number of tetrazole rings is 1. The number of carbonyl (C=O) groups is 1. The molecular weight excluding hydrogens is 386 g/mol. The third kappa shape index (κ3) is 3.50. The summed E-state index contributed by atoms with van der Waals surface area (Å²) in [7, 11) is 0. The Labute approximate surface area is 181 Å². The van der Waals surface area contributed by atoms with Crippen molar-refractivity contribution in [3.8, 4) is 11.4 Å². The van der Waals surface area contributed by atoms with Gasteiger partial charge in [-0.1, -0.05) is 66.2 Å². The molecule has 2 heterocycles. The summed E-state index contributed by atoms with van der Waals surface area (Å²) in [5.74, 6) is 0.422. The highest BCUT2D eigenvalue weighted by molar-refractivity contribution is 6.04. The molecular formula is C25H23N5O. The van der Waals surface area contributed by atoms with E-state index in [1.165, 1.54) is 4.80 Å². The van der Waals surface area contributed by atoms with Crippen molar-refractivity contribution in [2.45, 2.75) is 32.7 Å². The lowest BCUT2D eigenvalue weighted by atomic mass is 10.0. The Bertz CT molecular complexity index is 1200. The molecule has 0 radical (unpaired) electrons. The number of amides is 1.